The Kier molecular flexibility index (Phi) is 5.95. The molecule has 4 nitrogen and oxygen atoms in total. The van der Waals surface area contributed by atoms with Crippen molar-refractivity contribution < 1.29 is 4.79 Å². The van der Waals surface area contributed by atoms with E-state index in [1.807, 2.05) is 19.1 Å². The lowest BCUT2D eigenvalue weighted by atomic mass is 10.1. The lowest BCUT2D eigenvalue weighted by molar-refractivity contribution is 0.0953. The number of rotatable bonds is 7. The van der Waals surface area contributed by atoms with Crippen molar-refractivity contribution in [2.45, 2.75) is 33.2 Å². The van der Waals surface area contributed by atoms with Gasteiger partial charge in [-0.1, -0.05) is 38.1 Å². The van der Waals surface area contributed by atoms with Crippen molar-refractivity contribution in [1.29, 1.82) is 0 Å². The Morgan fingerprint density at radius 3 is 2.50 bits per heavy atom. The third-order valence-electron chi connectivity index (χ3n) is 3.52. The van der Waals surface area contributed by atoms with Crippen molar-refractivity contribution in [3.05, 3.63) is 59.3 Å². The molecule has 2 N–H and O–H groups in total. The number of aryl methyl sites for hydroxylation is 1. The number of hydrogen-bond acceptors (Lipinski definition) is 3. The van der Waals surface area contributed by atoms with Crippen molar-refractivity contribution in [3.63, 3.8) is 0 Å². The van der Waals surface area contributed by atoms with Crippen molar-refractivity contribution >= 4 is 11.7 Å². The first kappa shape index (κ1) is 16.0. The molecule has 0 unspecified atom stereocenters. The molecular weight excluding hydrogens is 274 g/mol. The number of amides is 1. The lowest BCUT2D eigenvalue weighted by Crippen LogP contribution is -2.24. The first-order valence-electron chi connectivity index (χ1n) is 7.79. The van der Waals surface area contributed by atoms with Crippen LogP contribution in [0, 0.1) is 0 Å². The number of carbonyl (C=O) groups is 1. The fraction of sp³-hybridized carbons (Fsp3) is 0.333. The molecule has 0 fully saturated rings. The molecule has 1 amide bonds. The second kappa shape index (κ2) is 8.17. The van der Waals surface area contributed by atoms with Crippen LogP contribution in [0.5, 0.6) is 0 Å². The number of carbonyl (C=O) groups excluding carboxylic acids is 1. The third-order valence-corrected chi connectivity index (χ3v) is 3.52. The number of hydrogen-bond donors (Lipinski definition) is 2. The zero-order chi connectivity index (χ0) is 15.8. The Morgan fingerprint density at radius 1 is 1.09 bits per heavy atom. The molecule has 1 aromatic carbocycles. The second-order valence-electron chi connectivity index (χ2n) is 5.16. The molecule has 4 heteroatoms. The van der Waals surface area contributed by atoms with Gasteiger partial charge >= 0.3 is 0 Å². The molecule has 2 rings (SSSR count). The fourth-order valence-electron chi connectivity index (χ4n) is 2.23. The summed E-state index contributed by atoms with van der Waals surface area (Å²) in [5.41, 5.74) is 3.20. The van der Waals surface area contributed by atoms with E-state index in [2.05, 4.69) is 40.7 Å². The van der Waals surface area contributed by atoms with Crippen molar-refractivity contribution in [3.8, 4) is 0 Å². The van der Waals surface area contributed by atoms with Gasteiger partial charge in [0.05, 0.1) is 5.56 Å². The summed E-state index contributed by atoms with van der Waals surface area (Å²) >= 11 is 0. The molecule has 0 atom stereocenters. The molecule has 0 aliphatic rings. The minimum absolute atomic E-state index is 0.0720. The van der Waals surface area contributed by atoms with Gasteiger partial charge in [0.25, 0.3) is 5.91 Å². The molecule has 116 valence electrons. The predicted molar refractivity (Wildman–Crippen MR) is 90.0 cm³/mol. The summed E-state index contributed by atoms with van der Waals surface area (Å²) in [6.07, 6.45) is 3.55. The molecule has 0 aliphatic carbocycles. The minimum Gasteiger partial charge on any atom is -0.366 e. The van der Waals surface area contributed by atoms with E-state index >= 15 is 0 Å². The quantitative estimate of drug-likeness (QED) is 0.823. The average molecular weight is 297 g/mol. The largest absolute Gasteiger partial charge is 0.366 e. The highest BCUT2D eigenvalue weighted by Crippen LogP contribution is 2.12. The summed E-state index contributed by atoms with van der Waals surface area (Å²) in [6, 6.07) is 12.0. The van der Waals surface area contributed by atoms with E-state index in [9.17, 15) is 4.79 Å². The van der Waals surface area contributed by atoms with Crippen LogP contribution in [0.3, 0.4) is 0 Å². The molecule has 0 saturated carbocycles. The second-order valence-corrected chi connectivity index (χ2v) is 5.16. The van der Waals surface area contributed by atoms with Crippen LogP contribution < -0.4 is 10.6 Å². The van der Waals surface area contributed by atoms with Crippen molar-refractivity contribution in [2.24, 2.45) is 0 Å². The normalized spacial score (nSPS) is 10.3. The van der Waals surface area contributed by atoms with Gasteiger partial charge in [-0.2, -0.15) is 0 Å². The molecule has 22 heavy (non-hydrogen) atoms. The number of pyridine rings is 1. The Hall–Kier alpha value is -2.36. The highest BCUT2D eigenvalue weighted by molar-refractivity contribution is 5.93. The highest BCUT2D eigenvalue weighted by Gasteiger charge is 2.05. The van der Waals surface area contributed by atoms with Crippen LogP contribution >= 0.6 is 0 Å². The monoisotopic (exact) mass is 297 g/mol. The van der Waals surface area contributed by atoms with Gasteiger partial charge < -0.3 is 10.6 Å². The molecule has 1 heterocycles. The molecule has 0 bridgehead atoms. The average Bonchev–Trinajstić information content (AvgIpc) is 2.58. The standard InChI is InChI=1S/C18H23N3O/c1-3-11-19-18(22)16-9-10-17(21-13-16)20-12-15-8-6-5-7-14(15)4-2/h5-10,13H,3-4,11-12H2,1-2H3,(H,19,22)(H,20,21). The van der Waals surface area contributed by atoms with E-state index in [4.69, 9.17) is 0 Å². The highest BCUT2D eigenvalue weighted by atomic mass is 16.1. The topological polar surface area (TPSA) is 54.0 Å². The van der Waals surface area contributed by atoms with Gasteiger partial charge in [0.15, 0.2) is 0 Å². The molecule has 0 spiro atoms. The molecular formula is C18H23N3O. The lowest BCUT2D eigenvalue weighted by Gasteiger charge is -2.10. The van der Waals surface area contributed by atoms with Gasteiger partial charge in [0.2, 0.25) is 0 Å². The fourth-order valence-corrected chi connectivity index (χ4v) is 2.23. The van der Waals surface area contributed by atoms with Crippen LogP contribution in [-0.4, -0.2) is 17.4 Å². The maximum Gasteiger partial charge on any atom is 0.252 e. The number of nitrogens with one attached hydrogen (secondary N) is 2. The predicted octanol–water partition coefficient (Wildman–Crippen LogP) is 3.40. The summed E-state index contributed by atoms with van der Waals surface area (Å²) in [5, 5.41) is 6.14. The number of aromatic nitrogens is 1. The summed E-state index contributed by atoms with van der Waals surface area (Å²) in [6.45, 7) is 5.60. The molecule has 0 aliphatic heterocycles. The number of nitrogens with zero attached hydrogens (tertiary/aromatic N) is 1. The Balaban J connectivity index is 1.95. The molecule has 0 saturated heterocycles. The Morgan fingerprint density at radius 2 is 1.86 bits per heavy atom. The van der Waals surface area contributed by atoms with Crippen LogP contribution in [0.4, 0.5) is 5.82 Å². The van der Waals surface area contributed by atoms with E-state index in [-0.39, 0.29) is 5.91 Å². The Labute approximate surface area is 132 Å². The van der Waals surface area contributed by atoms with E-state index in [1.54, 1.807) is 12.3 Å². The molecule has 1 aromatic heterocycles. The summed E-state index contributed by atoms with van der Waals surface area (Å²) in [4.78, 5) is 16.1. The zero-order valence-corrected chi connectivity index (χ0v) is 13.2. The summed E-state index contributed by atoms with van der Waals surface area (Å²) < 4.78 is 0. The number of benzene rings is 1. The van der Waals surface area contributed by atoms with Gasteiger partial charge in [-0.05, 0) is 36.1 Å². The summed E-state index contributed by atoms with van der Waals surface area (Å²) in [5.74, 6) is 0.704. The van der Waals surface area contributed by atoms with Gasteiger partial charge in [-0.15, -0.1) is 0 Å². The maximum absolute atomic E-state index is 11.8. The zero-order valence-electron chi connectivity index (χ0n) is 13.2. The van der Waals surface area contributed by atoms with Crippen LogP contribution in [0.2, 0.25) is 0 Å². The molecule has 2 aromatic rings. The van der Waals surface area contributed by atoms with Crippen LogP contribution in [0.1, 0.15) is 41.8 Å². The maximum atomic E-state index is 11.8. The SMILES string of the molecule is CCCNC(=O)c1ccc(NCc2ccccc2CC)nc1. The van der Waals surface area contributed by atoms with E-state index in [0.717, 1.165) is 25.2 Å². The minimum atomic E-state index is -0.0720. The van der Waals surface area contributed by atoms with Gasteiger partial charge in [0, 0.05) is 19.3 Å². The number of anilines is 1. The van der Waals surface area contributed by atoms with Crippen LogP contribution in [0.15, 0.2) is 42.6 Å². The first-order chi connectivity index (χ1) is 10.7. The van der Waals surface area contributed by atoms with Crippen molar-refractivity contribution in [2.75, 3.05) is 11.9 Å². The van der Waals surface area contributed by atoms with Gasteiger partial charge in [0.1, 0.15) is 5.82 Å². The van der Waals surface area contributed by atoms with E-state index < -0.39 is 0 Å². The first-order valence-corrected chi connectivity index (χ1v) is 7.79. The van der Waals surface area contributed by atoms with Crippen LogP contribution in [0.25, 0.3) is 0 Å². The third kappa shape index (κ3) is 4.32. The molecule has 0 radical (unpaired) electrons. The smallest absolute Gasteiger partial charge is 0.252 e. The van der Waals surface area contributed by atoms with E-state index in [1.165, 1.54) is 11.1 Å². The van der Waals surface area contributed by atoms with Crippen molar-refractivity contribution in [1.82, 2.24) is 10.3 Å². The summed E-state index contributed by atoms with van der Waals surface area (Å²) in [7, 11) is 0. The van der Waals surface area contributed by atoms with E-state index in [0.29, 0.717) is 12.1 Å². The van der Waals surface area contributed by atoms with Gasteiger partial charge in [-0.3, -0.25) is 4.79 Å². The van der Waals surface area contributed by atoms with Crippen LogP contribution in [-0.2, 0) is 13.0 Å². The Bertz CT molecular complexity index is 608. The van der Waals surface area contributed by atoms with Gasteiger partial charge in [-0.25, -0.2) is 4.98 Å².